The normalized spacial score (nSPS) is 38.3. The Hall–Kier alpha value is -1.51. The van der Waals surface area contributed by atoms with Crippen LogP contribution in [0.2, 0.25) is 0 Å². The van der Waals surface area contributed by atoms with Crippen molar-refractivity contribution in [3.63, 3.8) is 0 Å². The van der Waals surface area contributed by atoms with Crippen LogP contribution in [0, 0.1) is 11.3 Å². The number of ether oxygens (including phenoxy) is 4. The van der Waals surface area contributed by atoms with Gasteiger partial charge in [-0.2, -0.15) is 0 Å². The molecule has 0 saturated carbocycles. The molecule has 182 valence electrons. The summed E-state index contributed by atoms with van der Waals surface area (Å²) in [5, 5.41) is 9.81. The van der Waals surface area contributed by atoms with Gasteiger partial charge < -0.3 is 29.0 Å². The van der Waals surface area contributed by atoms with Crippen molar-refractivity contribution in [1.82, 2.24) is 4.90 Å². The SMILES string of the molecule is COCCC1CCC2=C3CC(C(C)(C)C)N4CC(C5OC5O)C(=O)C=C4C3=CC(OC)C2O1. The highest BCUT2D eigenvalue weighted by molar-refractivity contribution is 5.95. The minimum atomic E-state index is -0.817. The summed E-state index contributed by atoms with van der Waals surface area (Å²) < 4.78 is 23.0. The number of nitrogens with zero attached hydrogens (tertiary/aromatic N) is 1. The monoisotopic (exact) mass is 459 g/mol. The van der Waals surface area contributed by atoms with Gasteiger partial charge in [0.15, 0.2) is 12.1 Å². The number of rotatable bonds is 5. The minimum absolute atomic E-state index is 0.0102. The Morgan fingerprint density at radius 2 is 2.00 bits per heavy atom. The van der Waals surface area contributed by atoms with Crippen LogP contribution in [0.1, 0.15) is 46.5 Å². The first kappa shape index (κ1) is 23.2. The van der Waals surface area contributed by atoms with E-state index in [4.69, 9.17) is 18.9 Å². The first-order valence-electron chi connectivity index (χ1n) is 12.2. The maximum Gasteiger partial charge on any atom is 0.182 e. The van der Waals surface area contributed by atoms with Crippen LogP contribution in [0.4, 0.5) is 0 Å². The second-order valence-electron chi connectivity index (χ2n) is 11.1. The molecule has 1 aliphatic carbocycles. The lowest BCUT2D eigenvalue weighted by Crippen LogP contribution is -2.54. The van der Waals surface area contributed by atoms with E-state index in [9.17, 15) is 9.90 Å². The molecule has 4 heterocycles. The highest BCUT2D eigenvalue weighted by atomic mass is 16.7. The van der Waals surface area contributed by atoms with Gasteiger partial charge in [0.05, 0.1) is 12.0 Å². The van der Waals surface area contributed by atoms with Crippen molar-refractivity contribution in [2.75, 3.05) is 27.4 Å². The fourth-order valence-corrected chi connectivity index (χ4v) is 6.08. The molecule has 7 heteroatoms. The molecule has 0 amide bonds. The molecule has 0 spiro atoms. The Morgan fingerprint density at radius 1 is 1.24 bits per heavy atom. The molecule has 0 aromatic heterocycles. The maximum atomic E-state index is 13.1. The second kappa shape index (κ2) is 8.61. The Balaban J connectivity index is 1.53. The van der Waals surface area contributed by atoms with E-state index in [1.54, 1.807) is 20.3 Å². The predicted octanol–water partition coefficient (Wildman–Crippen LogP) is 2.74. The predicted molar refractivity (Wildman–Crippen MR) is 122 cm³/mol. The molecular formula is C26H37NO6. The van der Waals surface area contributed by atoms with Crippen LogP contribution in [0.3, 0.4) is 0 Å². The van der Waals surface area contributed by atoms with Gasteiger partial charge >= 0.3 is 0 Å². The second-order valence-corrected chi connectivity index (χ2v) is 11.1. The number of carbonyl (C=O) groups excluding carboxylic acids is 1. The summed E-state index contributed by atoms with van der Waals surface area (Å²) in [4.78, 5) is 15.5. The lowest BCUT2D eigenvalue weighted by Gasteiger charge is -2.52. The number of aliphatic hydroxyl groups is 1. The number of fused-ring (bicyclic) bond motifs is 4. The summed E-state index contributed by atoms with van der Waals surface area (Å²) in [5.74, 6) is -0.282. The Kier molecular flexibility index (Phi) is 6.07. The van der Waals surface area contributed by atoms with E-state index in [0.717, 1.165) is 37.0 Å². The largest absolute Gasteiger partial charge is 0.385 e. The number of aliphatic hydroxyl groups excluding tert-OH is 1. The van der Waals surface area contributed by atoms with Gasteiger partial charge in [0.1, 0.15) is 18.3 Å². The summed E-state index contributed by atoms with van der Waals surface area (Å²) in [5.41, 5.74) is 4.78. The molecule has 0 aromatic carbocycles. The van der Waals surface area contributed by atoms with Crippen molar-refractivity contribution in [1.29, 1.82) is 0 Å². The third-order valence-corrected chi connectivity index (χ3v) is 7.97. The summed E-state index contributed by atoms with van der Waals surface area (Å²) in [6.07, 6.45) is 6.40. The van der Waals surface area contributed by atoms with Crippen molar-refractivity contribution in [3.8, 4) is 0 Å². The highest BCUT2D eigenvalue weighted by Crippen LogP contribution is 2.50. The molecule has 4 aliphatic heterocycles. The first-order valence-corrected chi connectivity index (χ1v) is 12.2. The Morgan fingerprint density at radius 3 is 2.64 bits per heavy atom. The van der Waals surface area contributed by atoms with Gasteiger partial charge in [0, 0.05) is 45.2 Å². The summed E-state index contributed by atoms with van der Waals surface area (Å²) in [6, 6.07) is 0.237. The van der Waals surface area contributed by atoms with Crippen LogP contribution in [0.25, 0.3) is 0 Å². The van der Waals surface area contributed by atoms with Gasteiger partial charge in [-0.25, -0.2) is 0 Å². The van der Waals surface area contributed by atoms with Gasteiger partial charge in [-0.05, 0) is 53.9 Å². The average Bonchev–Trinajstić information content (AvgIpc) is 3.51. The van der Waals surface area contributed by atoms with Gasteiger partial charge in [0.2, 0.25) is 0 Å². The number of carbonyl (C=O) groups is 1. The van der Waals surface area contributed by atoms with Crippen LogP contribution in [-0.4, -0.2) is 79.9 Å². The van der Waals surface area contributed by atoms with Gasteiger partial charge in [-0.3, -0.25) is 4.79 Å². The molecular weight excluding hydrogens is 422 g/mol. The number of allylic oxidation sites excluding steroid dienone is 2. The van der Waals surface area contributed by atoms with Crippen molar-refractivity contribution in [3.05, 3.63) is 34.6 Å². The molecule has 33 heavy (non-hydrogen) atoms. The number of hydrogen-bond donors (Lipinski definition) is 1. The van der Waals surface area contributed by atoms with Gasteiger partial charge in [-0.15, -0.1) is 0 Å². The zero-order valence-electron chi connectivity index (χ0n) is 20.4. The molecule has 7 nitrogen and oxygen atoms in total. The van der Waals surface area contributed by atoms with E-state index in [0.29, 0.717) is 13.2 Å². The van der Waals surface area contributed by atoms with E-state index < -0.39 is 6.29 Å². The van der Waals surface area contributed by atoms with E-state index in [2.05, 4.69) is 31.7 Å². The third-order valence-electron chi connectivity index (χ3n) is 7.97. The molecule has 5 aliphatic rings. The summed E-state index contributed by atoms with van der Waals surface area (Å²) >= 11 is 0. The number of epoxide rings is 1. The number of piperidine rings is 1. The topological polar surface area (TPSA) is 80.8 Å². The summed E-state index contributed by atoms with van der Waals surface area (Å²) in [6.45, 7) is 8.06. The third kappa shape index (κ3) is 4.12. The zero-order valence-corrected chi connectivity index (χ0v) is 20.4. The molecule has 3 fully saturated rings. The lowest BCUT2D eigenvalue weighted by atomic mass is 9.70. The minimum Gasteiger partial charge on any atom is -0.385 e. The van der Waals surface area contributed by atoms with Crippen LogP contribution in [0.5, 0.6) is 0 Å². The zero-order chi connectivity index (χ0) is 23.5. The van der Waals surface area contributed by atoms with Crippen LogP contribution >= 0.6 is 0 Å². The average molecular weight is 460 g/mol. The van der Waals surface area contributed by atoms with Gasteiger partial charge in [-0.1, -0.05) is 20.8 Å². The fourth-order valence-electron chi connectivity index (χ4n) is 6.08. The van der Waals surface area contributed by atoms with Crippen LogP contribution < -0.4 is 0 Å². The quantitative estimate of drug-likeness (QED) is 0.633. The molecule has 0 radical (unpaired) electrons. The lowest BCUT2D eigenvalue weighted by molar-refractivity contribution is -0.121. The van der Waals surface area contributed by atoms with Crippen molar-refractivity contribution in [2.45, 2.75) is 83.2 Å². The van der Waals surface area contributed by atoms with Crippen LogP contribution in [0.15, 0.2) is 34.6 Å². The van der Waals surface area contributed by atoms with Crippen molar-refractivity contribution < 1.29 is 28.8 Å². The van der Waals surface area contributed by atoms with E-state index >= 15 is 0 Å². The van der Waals surface area contributed by atoms with Gasteiger partial charge in [0.25, 0.3) is 0 Å². The smallest absolute Gasteiger partial charge is 0.182 e. The Bertz CT molecular complexity index is 899. The molecule has 5 rings (SSSR count). The highest BCUT2D eigenvalue weighted by Gasteiger charge is 2.52. The van der Waals surface area contributed by atoms with Crippen molar-refractivity contribution >= 4 is 5.78 Å². The number of methoxy groups -OCH3 is 2. The molecule has 7 atom stereocenters. The molecule has 0 aromatic rings. The molecule has 1 N–H and O–H groups in total. The number of ketones is 1. The maximum absolute atomic E-state index is 13.1. The van der Waals surface area contributed by atoms with Crippen LogP contribution in [-0.2, 0) is 23.7 Å². The van der Waals surface area contributed by atoms with Crippen molar-refractivity contribution in [2.24, 2.45) is 11.3 Å². The molecule has 3 saturated heterocycles. The molecule has 7 unspecified atom stereocenters. The number of hydrogen-bond acceptors (Lipinski definition) is 7. The van der Waals surface area contributed by atoms with E-state index in [1.165, 1.54) is 11.1 Å². The standard InChI is InChI=1S/C26H37NO6/c1-26(2,3)22-11-16-15-7-6-14(8-9-30-4)32-23(15)21(31-5)10-17(16)19-12-20(28)18(13-27(19)22)24-25(29)33-24/h10,12,14,18,21-25,29H,6-9,11,13H2,1-5H3. The first-order chi connectivity index (χ1) is 15.7. The van der Waals surface area contributed by atoms with E-state index in [-0.39, 0.29) is 47.6 Å². The summed E-state index contributed by atoms with van der Waals surface area (Å²) in [7, 11) is 3.46. The van der Waals surface area contributed by atoms with E-state index in [1.807, 2.05) is 0 Å². The fraction of sp³-hybridized carbons (Fsp3) is 0.731. The molecule has 0 bridgehead atoms. The Labute approximate surface area is 196 Å².